The topological polar surface area (TPSA) is 80.9 Å². The zero-order valence-corrected chi connectivity index (χ0v) is 9.89. The van der Waals surface area contributed by atoms with Gasteiger partial charge in [0.05, 0.1) is 25.4 Å². The monoisotopic (exact) mass is 222 g/mol. The lowest BCUT2D eigenvalue weighted by Gasteiger charge is -2.04. The molecule has 0 radical (unpaired) electrons. The van der Waals surface area contributed by atoms with Crippen LogP contribution in [0.25, 0.3) is 0 Å². The van der Waals surface area contributed by atoms with Crippen LogP contribution in [0.2, 0.25) is 0 Å². The van der Waals surface area contributed by atoms with Crippen LogP contribution in [0.4, 0.5) is 0 Å². The Morgan fingerprint density at radius 3 is 1.80 bits per heavy atom. The van der Waals surface area contributed by atoms with Crippen LogP contribution < -0.4 is 0 Å². The molecule has 4 N–H and O–H groups in total. The van der Waals surface area contributed by atoms with Crippen LogP contribution in [0.1, 0.15) is 46.0 Å². The maximum Gasteiger partial charge on any atom is 0.0770 e. The van der Waals surface area contributed by atoms with Gasteiger partial charge in [0.15, 0.2) is 0 Å². The molecule has 2 atom stereocenters. The van der Waals surface area contributed by atoms with Crippen molar-refractivity contribution in [1.82, 2.24) is 0 Å². The van der Waals surface area contributed by atoms with Crippen molar-refractivity contribution in [2.45, 2.75) is 58.2 Å². The molecular weight excluding hydrogens is 196 g/mol. The highest BCUT2D eigenvalue weighted by molar-refractivity contribution is 4.52. The second-order valence-corrected chi connectivity index (χ2v) is 3.72. The van der Waals surface area contributed by atoms with Gasteiger partial charge in [-0.15, -0.1) is 0 Å². The molecule has 0 saturated carbocycles. The van der Waals surface area contributed by atoms with Crippen molar-refractivity contribution in [2.24, 2.45) is 0 Å². The standard InChI is InChI=1S/C8H18O2.C3H8O2/c1-2-3-4-5-6-8(10)7-9;1-3(5)2-4/h8-10H,2-7H2,1H3;3-5H,2H2,1H3. The molecule has 94 valence electrons. The summed E-state index contributed by atoms with van der Waals surface area (Å²) in [6, 6.07) is 0. The summed E-state index contributed by atoms with van der Waals surface area (Å²) in [5, 5.41) is 33.4. The zero-order chi connectivity index (χ0) is 12.1. The van der Waals surface area contributed by atoms with Gasteiger partial charge in [0, 0.05) is 0 Å². The van der Waals surface area contributed by atoms with Gasteiger partial charge in [-0.25, -0.2) is 0 Å². The van der Waals surface area contributed by atoms with Crippen molar-refractivity contribution in [3.63, 3.8) is 0 Å². The number of aliphatic hydroxyl groups excluding tert-OH is 4. The summed E-state index contributed by atoms with van der Waals surface area (Å²) in [5.74, 6) is 0. The summed E-state index contributed by atoms with van der Waals surface area (Å²) in [6.07, 6.45) is 4.36. The Bertz CT molecular complexity index is 107. The second kappa shape index (κ2) is 13.8. The van der Waals surface area contributed by atoms with Crippen LogP contribution in [-0.2, 0) is 0 Å². The predicted molar refractivity (Wildman–Crippen MR) is 60.6 cm³/mol. The Balaban J connectivity index is 0. The highest BCUT2D eigenvalue weighted by Crippen LogP contribution is 2.04. The van der Waals surface area contributed by atoms with Crippen molar-refractivity contribution in [3.05, 3.63) is 0 Å². The minimum atomic E-state index is -0.560. The van der Waals surface area contributed by atoms with Crippen LogP contribution >= 0.6 is 0 Å². The summed E-state index contributed by atoms with van der Waals surface area (Å²) >= 11 is 0. The summed E-state index contributed by atoms with van der Waals surface area (Å²) in [6.45, 7) is 3.45. The lowest BCUT2D eigenvalue weighted by Crippen LogP contribution is -2.10. The molecule has 4 heteroatoms. The molecule has 0 rings (SSSR count). The van der Waals surface area contributed by atoms with E-state index in [0.717, 1.165) is 12.8 Å². The van der Waals surface area contributed by atoms with Crippen LogP contribution in [-0.4, -0.2) is 45.8 Å². The molecule has 15 heavy (non-hydrogen) atoms. The Kier molecular flexibility index (Phi) is 15.9. The Morgan fingerprint density at radius 2 is 1.47 bits per heavy atom. The van der Waals surface area contributed by atoms with Gasteiger partial charge in [-0.1, -0.05) is 32.6 Å². The fourth-order valence-corrected chi connectivity index (χ4v) is 0.898. The zero-order valence-electron chi connectivity index (χ0n) is 9.89. The van der Waals surface area contributed by atoms with E-state index in [9.17, 15) is 0 Å². The lowest BCUT2D eigenvalue weighted by molar-refractivity contribution is 0.0860. The SMILES string of the molecule is CC(O)CO.CCCCCCC(O)CO. The first-order valence-electron chi connectivity index (χ1n) is 5.66. The molecule has 0 aliphatic rings. The summed E-state index contributed by atoms with van der Waals surface area (Å²) < 4.78 is 0. The maximum atomic E-state index is 8.91. The van der Waals surface area contributed by atoms with Gasteiger partial charge in [0.2, 0.25) is 0 Å². The van der Waals surface area contributed by atoms with Crippen LogP contribution in [0.15, 0.2) is 0 Å². The van der Waals surface area contributed by atoms with E-state index in [0.29, 0.717) is 0 Å². The molecule has 0 aromatic rings. The molecule has 0 aliphatic carbocycles. The molecule has 0 aliphatic heterocycles. The fourth-order valence-electron chi connectivity index (χ4n) is 0.898. The first-order chi connectivity index (χ1) is 7.08. The number of hydrogen-bond donors (Lipinski definition) is 4. The number of hydrogen-bond acceptors (Lipinski definition) is 4. The average Bonchev–Trinajstić information content (AvgIpc) is 2.24. The van der Waals surface area contributed by atoms with Crippen molar-refractivity contribution in [2.75, 3.05) is 13.2 Å². The quantitative estimate of drug-likeness (QED) is 0.477. The molecule has 0 aromatic heterocycles. The van der Waals surface area contributed by atoms with Gasteiger partial charge >= 0.3 is 0 Å². The normalized spacial score (nSPS) is 14.0. The third-order valence-corrected chi connectivity index (χ3v) is 1.87. The van der Waals surface area contributed by atoms with Crippen molar-refractivity contribution >= 4 is 0 Å². The molecule has 0 heterocycles. The van der Waals surface area contributed by atoms with Crippen LogP contribution in [0.5, 0.6) is 0 Å². The van der Waals surface area contributed by atoms with E-state index in [1.165, 1.54) is 26.2 Å². The molecule has 0 spiro atoms. The van der Waals surface area contributed by atoms with Gasteiger partial charge in [-0.2, -0.15) is 0 Å². The van der Waals surface area contributed by atoms with E-state index in [4.69, 9.17) is 20.4 Å². The van der Waals surface area contributed by atoms with E-state index >= 15 is 0 Å². The first-order valence-corrected chi connectivity index (χ1v) is 5.66. The van der Waals surface area contributed by atoms with Gasteiger partial charge in [-0.3, -0.25) is 0 Å². The van der Waals surface area contributed by atoms with E-state index < -0.39 is 12.2 Å². The van der Waals surface area contributed by atoms with Gasteiger partial charge in [0.25, 0.3) is 0 Å². The molecule has 0 saturated heterocycles. The summed E-state index contributed by atoms with van der Waals surface area (Å²) in [7, 11) is 0. The molecule has 4 nitrogen and oxygen atoms in total. The molecular formula is C11H26O4. The van der Waals surface area contributed by atoms with E-state index in [-0.39, 0.29) is 13.2 Å². The summed E-state index contributed by atoms with van der Waals surface area (Å²) in [4.78, 5) is 0. The fraction of sp³-hybridized carbons (Fsp3) is 1.00. The molecule has 0 bridgehead atoms. The van der Waals surface area contributed by atoms with Crippen LogP contribution in [0.3, 0.4) is 0 Å². The first kappa shape index (κ1) is 17.2. The van der Waals surface area contributed by atoms with Crippen molar-refractivity contribution in [1.29, 1.82) is 0 Å². The molecule has 0 fully saturated rings. The number of unbranched alkanes of at least 4 members (excludes halogenated alkanes) is 3. The highest BCUT2D eigenvalue weighted by Gasteiger charge is 1.99. The predicted octanol–water partition coefficient (Wildman–Crippen LogP) is 0.669. The Labute approximate surface area is 92.6 Å². The number of rotatable bonds is 7. The lowest BCUT2D eigenvalue weighted by atomic mass is 10.1. The Hall–Kier alpha value is -0.160. The minimum Gasteiger partial charge on any atom is -0.394 e. The van der Waals surface area contributed by atoms with Crippen LogP contribution in [0, 0.1) is 0 Å². The van der Waals surface area contributed by atoms with E-state index in [1.54, 1.807) is 0 Å². The summed E-state index contributed by atoms with van der Waals surface area (Å²) in [5.41, 5.74) is 0. The van der Waals surface area contributed by atoms with E-state index in [2.05, 4.69) is 6.92 Å². The largest absolute Gasteiger partial charge is 0.394 e. The third-order valence-electron chi connectivity index (χ3n) is 1.87. The highest BCUT2D eigenvalue weighted by atomic mass is 16.3. The van der Waals surface area contributed by atoms with Gasteiger partial charge < -0.3 is 20.4 Å². The van der Waals surface area contributed by atoms with Crippen molar-refractivity contribution < 1.29 is 20.4 Å². The third kappa shape index (κ3) is 20.0. The molecule has 0 amide bonds. The number of aliphatic hydroxyl groups is 4. The maximum absolute atomic E-state index is 8.91. The smallest absolute Gasteiger partial charge is 0.0770 e. The van der Waals surface area contributed by atoms with Gasteiger partial charge in [-0.05, 0) is 13.3 Å². The average molecular weight is 222 g/mol. The minimum absolute atomic E-state index is 0.0911. The van der Waals surface area contributed by atoms with Gasteiger partial charge in [0.1, 0.15) is 0 Å². The second-order valence-electron chi connectivity index (χ2n) is 3.72. The Morgan fingerprint density at radius 1 is 0.933 bits per heavy atom. The molecule has 2 unspecified atom stereocenters. The van der Waals surface area contributed by atoms with E-state index in [1.807, 2.05) is 0 Å². The molecule has 0 aromatic carbocycles. The van der Waals surface area contributed by atoms with Crippen molar-refractivity contribution in [3.8, 4) is 0 Å².